The van der Waals surface area contributed by atoms with Crippen LogP contribution < -0.4 is 4.74 Å². The Morgan fingerprint density at radius 3 is 2.39 bits per heavy atom. The molecule has 1 N–H and O–H groups in total. The van der Waals surface area contributed by atoms with E-state index in [0.717, 1.165) is 0 Å². The molecule has 0 unspecified atom stereocenters. The first-order chi connectivity index (χ1) is 13.5. The second-order valence-corrected chi connectivity index (χ2v) is 6.00. The third kappa shape index (κ3) is 5.36. The van der Waals surface area contributed by atoms with E-state index in [1.54, 1.807) is 41.3 Å². The van der Waals surface area contributed by atoms with Crippen molar-refractivity contribution in [3.8, 4) is 11.5 Å². The van der Waals surface area contributed by atoms with Gasteiger partial charge in [0.1, 0.15) is 0 Å². The lowest BCUT2D eigenvalue weighted by Gasteiger charge is -2.25. The van der Waals surface area contributed by atoms with Gasteiger partial charge in [-0.25, -0.2) is 4.79 Å². The minimum atomic E-state index is -1.01. The maximum atomic E-state index is 12.8. The van der Waals surface area contributed by atoms with Crippen molar-refractivity contribution in [2.75, 3.05) is 20.2 Å². The quantitative estimate of drug-likeness (QED) is 0.557. The standard InChI is InChI=1S/C22H25NO5/c1-4-23(5-2)22(26)21(17-9-7-6-8-10-17)28-20(25)14-12-16-11-13-18(24)19(15-16)27-3/h6-15,21,24H,4-5H2,1-3H3/b14-12+/t21-/m1/s1. The molecule has 0 aliphatic carbocycles. The molecule has 148 valence electrons. The summed E-state index contributed by atoms with van der Waals surface area (Å²) >= 11 is 0. The Labute approximate surface area is 165 Å². The van der Waals surface area contributed by atoms with Crippen molar-refractivity contribution < 1.29 is 24.2 Å². The number of ether oxygens (including phenoxy) is 2. The third-order valence-electron chi connectivity index (χ3n) is 4.25. The number of carbonyl (C=O) groups excluding carboxylic acids is 2. The summed E-state index contributed by atoms with van der Waals surface area (Å²) in [5.41, 5.74) is 1.27. The Balaban J connectivity index is 2.19. The Bertz CT molecular complexity index is 828. The fourth-order valence-corrected chi connectivity index (χ4v) is 2.71. The molecular weight excluding hydrogens is 358 g/mol. The first-order valence-electron chi connectivity index (χ1n) is 9.09. The lowest BCUT2D eigenvalue weighted by atomic mass is 10.1. The van der Waals surface area contributed by atoms with Gasteiger partial charge in [0.05, 0.1) is 7.11 Å². The van der Waals surface area contributed by atoms with Gasteiger partial charge in [-0.05, 0) is 37.6 Å². The van der Waals surface area contributed by atoms with Gasteiger partial charge in [0.25, 0.3) is 5.91 Å². The van der Waals surface area contributed by atoms with Crippen LogP contribution in [0.25, 0.3) is 6.08 Å². The van der Waals surface area contributed by atoms with Crippen molar-refractivity contribution in [1.29, 1.82) is 0 Å². The highest BCUT2D eigenvalue weighted by Crippen LogP contribution is 2.27. The van der Waals surface area contributed by atoms with Crippen LogP contribution in [-0.2, 0) is 14.3 Å². The predicted molar refractivity (Wildman–Crippen MR) is 107 cm³/mol. The molecule has 1 amide bonds. The van der Waals surface area contributed by atoms with E-state index in [9.17, 15) is 14.7 Å². The molecule has 2 aromatic rings. The Morgan fingerprint density at radius 1 is 1.11 bits per heavy atom. The first-order valence-corrected chi connectivity index (χ1v) is 9.09. The van der Waals surface area contributed by atoms with Crippen molar-refractivity contribution in [2.45, 2.75) is 20.0 Å². The van der Waals surface area contributed by atoms with Gasteiger partial charge in [0.15, 0.2) is 11.5 Å². The zero-order valence-electron chi connectivity index (χ0n) is 16.3. The number of amides is 1. The van der Waals surface area contributed by atoms with Crippen LogP contribution >= 0.6 is 0 Å². The molecule has 0 aliphatic heterocycles. The summed E-state index contributed by atoms with van der Waals surface area (Å²) in [4.78, 5) is 26.8. The van der Waals surface area contributed by atoms with Crippen molar-refractivity contribution >= 4 is 18.0 Å². The van der Waals surface area contributed by atoms with E-state index in [-0.39, 0.29) is 11.7 Å². The number of likely N-dealkylation sites (N-methyl/N-ethyl adjacent to an activating group) is 1. The number of esters is 1. The van der Waals surface area contributed by atoms with Crippen LogP contribution in [0.2, 0.25) is 0 Å². The molecule has 1 atom stereocenters. The summed E-state index contributed by atoms with van der Waals surface area (Å²) in [7, 11) is 1.44. The topological polar surface area (TPSA) is 76.1 Å². The zero-order valence-corrected chi connectivity index (χ0v) is 16.3. The third-order valence-corrected chi connectivity index (χ3v) is 4.25. The molecule has 0 bridgehead atoms. The van der Waals surface area contributed by atoms with Gasteiger partial charge in [-0.3, -0.25) is 4.79 Å². The summed E-state index contributed by atoms with van der Waals surface area (Å²) < 4.78 is 10.5. The summed E-state index contributed by atoms with van der Waals surface area (Å²) in [6.45, 7) is 4.81. The van der Waals surface area contributed by atoms with Gasteiger partial charge < -0.3 is 19.5 Å². The van der Waals surface area contributed by atoms with Gasteiger partial charge in [0, 0.05) is 24.7 Å². The molecule has 2 rings (SSSR count). The van der Waals surface area contributed by atoms with Gasteiger partial charge in [-0.2, -0.15) is 0 Å². The van der Waals surface area contributed by atoms with Crippen LogP contribution in [0.1, 0.15) is 31.1 Å². The highest BCUT2D eigenvalue weighted by molar-refractivity contribution is 5.91. The minimum absolute atomic E-state index is 0.0104. The molecule has 0 aliphatic rings. The maximum Gasteiger partial charge on any atom is 0.331 e. The number of benzene rings is 2. The summed E-state index contributed by atoms with van der Waals surface area (Å²) in [5.74, 6) is -0.587. The van der Waals surface area contributed by atoms with Crippen LogP contribution in [0.15, 0.2) is 54.6 Å². The number of nitrogens with zero attached hydrogens (tertiary/aromatic N) is 1. The van der Waals surface area contributed by atoms with E-state index in [4.69, 9.17) is 9.47 Å². The molecular formula is C22H25NO5. The molecule has 6 nitrogen and oxygen atoms in total. The fraction of sp³-hybridized carbons (Fsp3) is 0.273. The second kappa shape index (κ2) is 10.2. The van der Waals surface area contributed by atoms with Crippen molar-refractivity contribution in [3.63, 3.8) is 0 Å². The van der Waals surface area contributed by atoms with Crippen molar-refractivity contribution in [3.05, 3.63) is 65.7 Å². The van der Waals surface area contributed by atoms with Gasteiger partial charge >= 0.3 is 5.97 Å². The Morgan fingerprint density at radius 2 is 1.79 bits per heavy atom. The number of phenolic OH excluding ortho intramolecular Hbond substituents is 1. The minimum Gasteiger partial charge on any atom is -0.504 e. The van der Waals surface area contributed by atoms with E-state index in [1.807, 2.05) is 19.9 Å². The van der Waals surface area contributed by atoms with Gasteiger partial charge in [-0.1, -0.05) is 36.4 Å². The van der Waals surface area contributed by atoms with Gasteiger partial charge in [0.2, 0.25) is 6.10 Å². The number of methoxy groups -OCH3 is 1. The molecule has 0 saturated heterocycles. The average molecular weight is 383 g/mol. The van der Waals surface area contributed by atoms with Crippen LogP contribution in [-0.4, -0.2) is 42.1 Å². The largest absolute Gasteiger partial charge is 0.504 e. The molecule has 0 saturated carbocycles. The normalized spacial score (nSPS) is 11.8. The molecule has 0 aromatic heterocycles. The molecule has 0 radical (unpaired) electrons. The highest BCUT2D eigenvalue weighted by Gasteiger charge is 2.27. The van der Waals surface area contributed by atoms with E-state index < -0.39 is 12.1 Å². The summed E-state index contributed by atoms with van der Waals surface area (Å²) in [5, 5.41) is 9.63. The van der Waals surface area contributed by atoms with Crippen LogP contribution in [0.5, 0.6) is 11.5 Å². The van der Waals surface area contributed by atoms with E-state index in [1.165, 1.54) is 25.3 Å². The van der Waals surface area contributed by atoms with Crippen molar-refractivity contribution in [2.24, 2.45) is 0 Å². The molecule has 28 heavy (non-hydrogen) atoms. The summed E-state index contributed by atoms with van der Waals surface area (Å²) in [6.07, 6.45) is 1.78. The Kier molecular flexibility index (Phi) is 7.63. The average Bonchev–Trinajstić information content (AvgIpc) is 2.72. The first kappa shape index (κ1) is 21.0. The monoisotopic (exact) mass is 383 g/mol. The number of hydrogen-bond donors (Lipinski definition) is 1. The van der Waals surface area contributed by atoms with Crippen LogP contribution in [0.4, 0.5) is 0 Å². The zero-order chi connectivity index (χ0) is 20.5. The Hall–Kier alpha value is -3.28. The lowest BCUT2D eigenvalue weighted by molar-refractivity contribution is -0.157. The number of carbonyl (C=O) groups is 2. The molecule has 0 fully saturated rings. The van der Waals surface area contributed by atoms with Crippen LogP contribution in [0, 0.1) is 0 Å². The number of phenols is 1. The van der Waals surface area contributed by atoms with E-state index >= 15 is 0 Å². The van der Waals surface area contributed by atoms with E-state index in [2.05, 4.69) is 0 Å². The smallest absolute Gasteiger partial charge is 0.331 e. The number of rotatable bonds is 8. The number of hydrogen-bond acceptors (Lipinski definition) is 5. The lowest BCUT2D eigenvalue weighted by Crippen LogP contribution is -2.36. The summed E-state index contributed by atoms with van der Waals surface area (Å²) in [6, 6.07) is 13.6. The predicted octanol–water partition coefficient (Wildman–Crippen LogP) is 3.57. The molecule has 0 heterocycles. The fourth-order valence-electron chi connectivity index (χ4n) is 2.71. The number of aromatic hydroxyl groups is 1. The van der Waals surface area contributed by atoms with Crippen molar-refractivity contribution in [1.82, 2.24) is 4.90 Å². The molecule has 6 heteroatoms. The SMILES string of the molecule is CCN(CC)C(=O)[C@H](OC(=O)/C=C/c1ccc(O)c(OC)c1)c1ccccc1. The second-order valence-electron chi connectivity index (χ2n) is 6.00. The van der Waals surface area contributed by atoms with E-state index in [0.29, 0.717) is 30.0 Å². The maximum absolute atomic E-state index is 12.8. The van der Waals surface area contributed by atoms with Gasteiger partial charge in [-0.15, -0.1) is 0 Å². The molecule has 2 aromatic carbocycles. The van der Waals surface area contributed by atoms with Crippen LogP contribution in [0.3, 0.4) is 0 Å². The molecule has 0 spiro atoms. The highest BCUT2D eigenvalue weighted by atomic mass is 16.5.